The SMILES string of the molecule is C[C@@H](NC(=O)C[NH+](C)Cc1ccsc1)c1ccccc1. The van der Waals surface area contributed by atoms with E-state index in [1.54, 1.807) is 11.3 Å². The highest BCUT2D eigenvalue weighted by Gasteiger charge is 2.14. The Hall–Kier alpha value is -1.65. The average molecular weight is 289 g/mol. The Balaban J connectivity index is 1.80. The van der Waals surface area contributed by atoms with Crippen LogP contribution in [0.15, 0.2) is 47.2 Å². The second-order valence-electron chi connectivity index (χ2n) is 5.14. The summed E-state index contributed by atoms with van der Waals surface area (Å²) in [6.45, 7) is 3.39. The van der Waals surface area contributed by atoms with Crippen LogP contribution < -0.4 is 10.2 Å². The smallest absolute Gasteiger partial charge is 0.275 e. The molecule has 0 aliphatic carbocycles. The highest BCUT2D eigenvalue weighted by Crippen LogP contribution is 2.10. The Kier molecular flexibility index (Phi) is 5.32. The van der Waals surface area contributed by atoms with Gasteiger partial charge in [0.15, 0.2) is 6.54 Å². The number of quaternary nitrogens is 1. The number of amides is 1. The van der Waals surface area contributed by atoms with Gasteiger partial charge in [0.25, 0.3) is 5.91 Å². The number of carbonyl (C=O) groups excluding carboxylic acids is 1. The molecule has 1 heterocycles. The third-order valence-electron chi connectivity index (χ3n) is 3.23. The maximum absolute atomic E-state index is 12.0. The summed E-state index contributed by atoms with van der Waals surface area (Å²) in [5.74, 6) is 0.0917. The van der Waals surface area contributed by atoms with E-state index in [0.717, 1.165) is 12.1 Å². The van der Waals surface area contributed by atoms with Gasteiger partial charge in [0, 0.05) is 5.56 Å². The summed E-state index contributed by atoms with van der Waals surface area (Å²) in [6.07, 6.45) is 0. The summed E-state index contributed by atoms with van der Waals surface area (Å²) in [5.41, 5.74) is 2.42. The van der Waals surface area contributed by atoms with E-state index >= 15 is 0 Å². The van der Waals surface area contributed by atoms with E-state index in [0.29, 0.717) is 6.54 Å². The van der Waals surface area contributed by atoms with Gasteiger partial charge in [0.2, 0.25) is 0 Å². The Labute approximate surface area is 124 Å². The minimum absolute atomic E-state index is 0.0534. The van der Waals surface area contributed by atoms with Gasteiger partial charge in [-0.05, 0) is 29.3 Å². The van der Waals surface area contributed by atoms with E-state index in [9.17, 15) is 4.79 Å². The monoisotopic (exact) mass is 289 g/mol. The van der Waals surface area contributed by atoms with Crippen LogP contribution in [0.4, 0.5) is 0 Å². The molecule has 2 atom stereocenters. The molecular weight excluding hydrogens is 268 g/mol. The van der Waals surface area contributed by atoms with Crippen molar-refractivity contribution in [2.24, 2.45) is 0 Å². The second-order valence-corrected chi connectivity index (χ2v) is 5.92. The molecule has 1 aromatic heterocycles. The zero-order chi connectivity index (χ0) is 14.4. The third kappa shape index (κ3) is 4.47. The summed E-state index contributed by atoms with van der Waals surface area (Å²) in [5, 5.41) is 7.25. The maximum atomic E-state index is 12.0. The van der Waals surface area contributed by atoms with Crippen LogP contribution in [0.25, 0.3) is 0 Å². The topological polar surface area (TPSA) is 33.5 Å². The summed E-state index contributed by atoms with van der Waals surface area (Å²) < 4.78 is 0. The van der Waals surface area contributed by atoms with Crippen LogP contribution in [0.3, 0.4) is 0 Å². The fraction of sp³-hybridized carbons (Fsp3) is 0.312. The molecule has 2 aromatic rings. The zero-order valence-electron chi connectivity index (χ0n) is 11.9. The highest BCUT2D eigenvalue weighted by atomic mass is 32.1. The number of carbonyl (C=O) groups is 1. The second kappa shape index (κ2) is 7.22. The van der Waals surface area contributed by atoms with Crippen LogP contribution in [0.1, 0.15) is 24.1 Å². The Morgan fingerprint density at radius 1 is 1.30 bits per heavy atom. The summed E-state index contributed by atoms with van der Waals surface area (Å²) >= 11 is 1.69. The van der Waals surface area contributed by atoms with Gasteiger partial charge in [-0.3, -0.25) is 4.79 Å². The summed E-state index contributed by atoms with van der Waals surface area (Å²) in [6, 6.07) is 12.2. The van der Waals surface area contributed by atoms with Crippen molar-refractivity contribution in [1.29, 1.82) is 0 Å². The van der Waals surface area contributed by atoms with Gasteiger partial charge >= 0.3 is 0 Å². The molecule has 0 spiro atoms. The standard InChI is InChI=1S/C16H20N2OS/c1-13(15-6-4-3-5-7-15)17-16(19)11-18(2)10-14-8-9-20-12-14/h3-9,12-13H,10-11H2,1-2H3,(H,17,19)/p+1/t13-/m1/s1. The highest BCUT2D eigenvalue weighted by molar-refractivity contribution is 7.07. The number of rotatable bonds is 6. The minimum atomic E-state index is 0.0534. The van der Waals surface area contributed by atoms with Crippen molar-refractivity contribution >= 4 is 17.2 Å². The lowest BCUT2D eigenvalue weighted by Gasteiger charge is -2.17. The minimum Gasteiger partial charge on any atom is -0.345 e. The fourth-order valence-corrected chi connectivity index (χ4v) is 2.86. The molecule has 2 rings (SSSR count). The van der Waals surface area contributed by atoms with Crippen LogP contribution in [0.5, 0.6) is 0 Å². The molecule has 1 aromatic carbocycles. The molecule has 0 saturated carbocycles. The zero-order valence-corrected chi connectivity index (χ0v) is 12.7. The number of thiophene rings is 1. The molecule has 0 saturated heterocycles. The molecule has 0 bridgehead atoms. The van der Waals surface area contributed by atoms with E-state index in [1.807, 2.05) is 44.3 Å². The molecule has 3 nitrogen and oxygen atoms in total. The number of hydrogen-bond donors (Lipinski definition) is 2. The number of benzene rings is 1. The van der Waals surface area contributed by atoms with Crippen molar-refractivity contribution in [3.63, 3.8) is 0 Å². The van der Waals surface area contributed by atoms with Gasteiger partial charge in [0.1, 0.15) is 6.54 Å². The molecule has 0 radical (unpaired) electrons. The van der Waals surface area contributed by atoms with Gasteiger partial charge in [-0.2, -0.15) is 11.3 Å². The lowest BCUT2D eigenvalue weighted by Crippen LogP contribution is -3.08. The Bertz CT molecular complexity index is 525. The normalized spacial score (nSPS) is 13.7. The van der Waals surface area contributed by atoms with E-state index in [4.69, 9.17) is 0 Å². The molecule has 4 heteroatoms. The molecular formula is C16H21N2OS+. The van der Waals surface area contributed by atoms with E-state index in [1.165, 1.54) is 10.5 Å². The average Bonchev–Trinajstić information content (AvgIpc) is 2.92. The first-order chi connectivity index (χ1) is 9.65. The van der Waals surface area contributed by atoms with E-state index in [-0.39, 0.29) is 11.9 Å². The molecule has 1 unspecified atom stereocenters. The summed E-state index contributed by atoms with van der Waals surface area (Å²) in [7, 11) is 2.05. The molecule has 0 aliphatic rings. The van der Waals surface area contributed by atoms with Gasteiger partial charge < -0.3 is 10.2 Å². The molecule has 106 valence electrons. The molecule has 0 fully saturated rings. The number of likely N-dealkylation sites (N-methyl/N-ethyl adjacent to an activating group) is 1. The van der Waals surface area contributed by atoms with Gasteiger partial charge in [-0.25, -0.2) is 0 Å². The number of nitrogens with one attached hydrogen (secondary N) is 2. The van der Waals surface area contributed by atoms with Gasteiger partial charge in [0.05, 0.1) is 13.1 Å². The summed E-state index contributed by atoms with van der Waals surface area (Å²) in [4.78, 5) is 13.2. The van der Waals surface area contributed by atoms with Crippen molar-refractivity contribution in [2.45, 2.75) is 19.5 Å². The van der Waals surface area contributed by atoms with Gasteiger partial charge in [-0.1, -0.05) is 30.3 Å². The first-order valence-corrected chi connectivity index (χ1v) is 7.76. The molecule has 0 aliphatic heterocycles. The molecule has 2 N–H and O–H groups in total. The maximum Gasteiger partial charge on any atom is 0.275 e. The van der Waals surface area contributed by atoms with Crippen molar-refractivity contribution < 1.29 is 9.69 Å². The Morgan fingerprint density at radius 2 is 2.05 bits per heavy atom. The van der Waals surface area contributed by atoms with E-state index < -0.39 is 0 Å². The largest absolute Gasteiger partial charge is 0.345 e. The van der Waals surface area contributed by atoms with Crippen molar-refractivity contribution in [1.82, 2.24) is 5.32 Å². The van der Waals surface area contributed by atoms with Crippen molar-refractivity contribution in [3.05, 3.63) is 58.3 Å². The third-order valence-corrected chi connectivity index (χ3v) is 3.96. The fourth-order valence-electron chi connectivity index (χ4n) is 2.20. The van der Waals surface area contributed by atoms with Crippen molar-refractivity contribution in [3.8, 4) is 0 Å². The first kappa shape index (κ1) is 14.8. The van der Waals surface area contributed by atoms with E-state index in [2.05, 4.69) is 22.1 Å². The predicted molar refractivity (Wildman–Crippen MR) is 82.8 cm³/mol. The molecule has 20 heavy (non-hydrogen) atoms. The Morgan fingerprint density at radius 3 is 2.70 bits per heavy atom. The molecule has 1 amide bonds. The van der Waals surface area contributed by atoms with Crippen LogP contribution in [-0.4, -0.2) is 19.5 Å². The number of hydrogen-bond acceptors (Lipinski definition) is 2. The van der Waals surface area contributed by atoms with Crippen LogP contribution in [0, 0.1) is 0 Å². The van der Waals surface area contributed by atoms with Crippen LogP contribution >= 0.6 is 11.3 Å². The lowest BCUT2D eigenvalue weighted by atomic mass is 10.1. The van der Waals surface area contributed by atoms with Crippen molar-refractivity contribution in [2.75, 3.05) is 13.6 Å². The first-order valence-electron chi connectivity index (χ1n) is 6.82. The lowest BCUT2D eigenvalue weighted by molar-refractivity contribution is -0.885. The quantitative estimate of drug-likeness (QED) is 0.833. The predicted octanol–water partition coefficient (Wildman–Crippen LogP) is 1.64. The van der Waals surface area contributed by atoms with Crippen LogP contribution in [0.2, 0.25) is 0 Å². The van der Waals surface area contributed by atoms with Gasteiger partial charge in [-0.15, -0.1) is 0 Å². The van der Waals surface area contributed by atoms with Crippen LogP contribution in [-0.2, 0) is 11.3 Å².